The van der Waals surface area contributed by atoms with E-state index in [1.54, 1.807) is 0 Å². The number of hydrogen-bond acceptors (Lipinski definition) is 2. The Kier molecular flexibility index (Phi) is 3.84. The standard InChI is InChI=1S/C12H18F3NO2/c13-12(14,15)3-4-16-9-1-2-10(16)6-8(5-9)7-11(17)18/h8-10H,1-7H2,(H,17,18). The third-order valence-corrected chi connectivity index (χ3v) is 4.10. The van der Waals surface area contributed by atoms with Gasteiger partial charge < -0.3 is 5.11 Å². The van der Waals surface area contributed by atoms with Crippen LogP contribution in [0.4, 0.5) is 13.2 Å². The van der Waals surface area contributed by atoms with E-state index < -0.39 is 18.6 Å². The molecule has 2 bridgehead atoms. The Morgan fingerprint density at radius 2 is 1.78 bits per heavy atom. The number of carboxylic acid groups (broad SMARTS) is 1. The number of alkyl halides is 3. The molecule has 2 heterocycles. The highest BCUT2D eigenvalue weighted by molar-refractivity contribution is 5.67. The molecule has 0 amide bonds. The van der Waals surface area contributed by atoms with Crippen molar-refractivity contribution in [1.29, 1.82) is 0 Å². The summed E-state index contributed by atoms with van der Waals surface area (Å²) in [6.45, 7) is 0.0681. The first-order valence-corrected chi connectivity index (χ1v) is 6.39. The molecule has 0 aromatic heterocycles. The average Bonchev–Trinajstić information content (AvgIpc) is 2.44. The maximum atomic E-state index is 12.2. The third kappa shape index (κ3) is 3.37. The van der Waals surface area contributed by atoms with Gasteiger partial charge in [0.1, 0.15) is 0 Å². The van der Waals surface area contributed by atoms with E-state index in [0.29, 0.717) is 0 Å². The number of aliphatic carboxylic acids is 1. The van der Waals surface area contributed by atoms with Crippen LogP contribution in [0, 0.1) is 5.92 Å². The summed E-state index contributed by atoms with van der Waals surface area (Å²) in [7, 11) is 0. The monoisotopic (exact) mass is 265 g/mol. The van der Waals surface area contributed by atoms with Gasteiger partial charge in [-0.25, -0.2) is 0 Å². The van der Waals surface area contributed by atoms with Gasteiger partial charge in [-0.1, -0.05) is 0 Å². The molecule has 0 aromatic rings. The van der Waals surface area contributed by atoms with Gasteiger partial charge in [0.25, 0.3) is 0 Å². The molecule has 2 unspecified atom stereocenters. The molecule has 0 saturated carbocycles. The smallest absolute Gasteiger partial charge is 0.390 e. The lowest BCUT2D eigenvalue weighted by atomic mass is 9.88. The third-order valence-electron chi connectivity index (χ3n) is 4.10. The van der Waals surface area contributed by atoms with E-state index in [0.717, 1.165) is 25.7 Å². The highest BCUT2D eigenvalue weighted by Gasteiger charge is 2.42. The lowest BCUT2D eigenvalue weighted by Gasteiger charge is -2.38. The van der Waals surface area contributed by atoms with Crippen molar-refractivity contribution in [2.45, 2.75) is 56.8 Å². The Balaban J connectivity index is 1.88. The van der Waals surface area contributed by atoms with Crippen LogP contribution in [0.1, 0.15) is 38.5 Å². The van der Waals surface area contributed by atoms with Crippen molar-refractivity contribution >= 4 is 5.97 Å². The van der Waals surface area contributed by atoms with E-state index in [2.05, 4.69) is 0 Å². The Hall–Kier alpha value is -0.780. The highest BCUT2D eigenvalue weighted by Crippen LogP contribution is 2.40. The fraction of sp³-hybridized carbons (Fsp3) is 0.917. The van der Waals surface area contributed by atoms with Crippen LogP contribution >= 0.6 is 0 Å². The molecule has 0 aromatic carbocycles. The van der Waals surface area contributed by atoms with Gasteiger partial charge in [0.05, 0.1) is 6.42 Å². The van der Waals surface area contributed by atoms with E-state index in [4.69, 9.17) is 5.11 Å². The van der Waals surface area contributed by atoms with Gasteiger partial charge in [-0.05, 0) is 31.6 Å². The molecule has 2 rings (SSSR count). The first-order valence-electron chi connectivity index (χ1n) is 6.39. The number of carboxylic acids is 1. The fourth-order valence-electron chi connectivity index (χ4n) is 3.42. The summed E-state index contributed by atoms with van der Waals surface area (Å²) < 4.78 is 36.7. The fourth-order valence-corrected chi connectivity index (χ4v) is 3.42. The first-order chi connectivity index (χ1) is 8.35. The van der Waals surface area contributed by atoms with Crippen LogP contribution in [0.3, 0.4) is 0 Å². The van der Waals surface area contributed by atoms with E-state index in [1.165, 1.54) is 0 Å². The summed E-state index contributed by atoms with van der Waals surface area (Å²) in [5.74, 6) is -0.662. The number of hydrogen-bond donors (Lipinski definition) is 1. The summed E-state index contributed by atoms with van der Waals surface area (Å²) in [5, 5.41) is 8.77. The normalized spacial score (nSPS) is 32.7. The lowest BCUT2D eigenvalue weighted by molar-refractivity contribution is -0.141. The molecular weight excluding hydrogens is 247 g/mol. The maximum Gasteiger partial charge on any atom is 0.390 e. The van der Waals surface area contributed by atoms with Crippen molar-refractivity contribution in [1.82, 2.24) is 4.90 Å². The number of carbonyl (C=O) groups is 1. The summed E-state index contributed by atoms with van der Waals surface area (Å²) >= 11 is 0. The van der Waals surface area contributed by atoms with E-state index in [-0.39, 0.29) is 31.0 Å². The van der Waals surface area contributed by atoms with Crippen LogP contribution in [0.15, 0.2) is 0 Å². The quantitative estimate of drug-likeness (QED) is 0.849. The van der Waals surface area contributed by atoms with Crippen LogP contribution in [0.5, 0.6) is 0 Å². The van der Waals surface area contributed by atoms with E-state index in [1.807, 2.05) is 4.90 Å². The van der Waals surface area contributed by atoms with Crippen molar-refractivity contribution in [2.24, 2.45) is 5.92 Å². The van der Waals surface area contributed by atoms with Crippen molar-refractivity contribution in [2.75, 3.05) is 6.54 Å². The van der Waals surface area contributed by atoms with Gasteiger partial charge in [0.15, 0.2) is 0 Å². The number of rotatable bonds is 4. The Bertz CT molecular complexity index is 305. The predicted molar refractivity (Wildman–Crippen MR) is 59.2 cm³/mol. The van der Waals surface area contributed by atoms with Crippen molar-refractivity contribution in [3.63, 3.8) is 0 Å². The molecule has 1 N–H and O–H groups in total. The lowest BCUT2D eigenvalue weighted by Crippen LogP contribution is -2.44. The zero-order valence-electron chi connectivity index (χ0n) is 10.1. The molecule has 2 aliphatic rings. The van der Waals surface area contributed by atoms with Gasteiger partial charge >= 0.3 is 12.1 Å². The Morgan fingerprint density at radius 1 is 1.22 bits per heavy atom. The zero-order valence-corrected chi connectivity index (χ0v) is 10.1. The SMILES string of the molecule is O=C(O)CC1CC2CCC(C1)N2CCC(F)(F)F. The van der Waals surface area contributed by atoms with Gasteiger partial charge in [-0.15, -0.1) is 0 Å². The summed E-state index contributed by atoms with van der Waals surface area (Å²) in [4.78, 5) is 12.6. The molecule has 18 heavy (non-hydrogen) atoms. The van der Waals surface area contributed by atoms with Crippen LogP contribution in [-0.4, -0.2) is 40.8 Å². The minimum absolute atomic E-state index is 0.0681. The molecule has 2 saturated heterocycles. The average molecular weight is 265 g/mol. The Morgan fingerprint density at radius 3 is 2.22 bits per heavy atom. The van der Waals surface area contributed by atoms with Gasteiger partial charge in [0.2, 0.25) is 0 Å². The molecule has 3 nitrogen and oxygen atoms in total. The maximum absolute atomic E-state index is 12.2. The second-order valence-corrected chi connectivity index (χ2v) is 5.42. The molecule has 2 fully saturated rings. The van der Waals surface area contributed by atoms with Crippen LogP contribution < -0.4 is 0 Å². The summed E-state index contributed by atoms with van der Waals surface area (Å²) in [6, 6.07) is 0.325. The molecule has 6 heteroatoms. The second-order valence-electron chi connectivity index (χ2n) is 5.42. The minimum Gasteiger partial charge on any atom is -0.481 e. The predicted octanol–water partition coefficient (Wildman–Crippen LogP) is 2.66. The molecule has 2 aliphatic heterocycles. The molecule has 0 aliphatic carbocycles. The largest absolute Gasteiger partial charge is 0.481 e. The highest BCUT2D eigenvalue weighted by atomic mass is 19.4. The zero-order chi connectivity index (χ0) is 13.3. The van der Waals surface area contributed by atoms with Crippen LogP contribution in [0.2, 0.25) is 0 Å². The van der Waals surface area contributed by atoms with Gasteiger partial charge in [-0.3, -0.25) is 9.69 Å². The first kappa shape index (κ1) is 13.6. The van der Waals surface area contributed by atoms with Gasteiger partial charge in [-0.2, -0.15) is 13.2 Å². The molecular formula is C12H18F3NO2. The van der Waals surface area contributed by atoms with Crippen molar-refractivity contribution in [3.8, 4) is 0 Å². The number of nitrogens with zero attached hydrogens (tertiary/aromatic N) is 1. The molecule has 104 valence electrons. The molecule has 0 radical (unpaired) electrons. The molecule has 0 spiro atoms. The second kappa shape index (κ2) is 5.07. The van der Waals surface area contributed by atoms with Crippen LogP contribution in [0.25, 0.3) is 0 Å². The summed E-state index contributed by atoms with van der Waals surface area (Å²) in [5.41, 5.74) is 0. The Labute approximate surface area is 104 Å². The van der Waals surface area contributed by atoms with Gasteiger partial charge in [0, 0.05) is 25.0 Å². The molecule has 2 atom stereocenters. The number of halogens is 3. The van der Waals surface area contributed by atoms with E-state index in [9.17, 15) is 18.0 Å². The van der Waals surface area contributed by atoms with E-state index >= 15 is 0 Å². The topological polar surface area (TPSA) is 40.5 Å². The van der Waals surface area contributed by atoms with Crippen LogP contribution in [-0.2, 0) is 4.79 Å². The number of fused-ring (bicyclic) bond motifs is 2. The van der Waals surface area contributed by atoms with Crippen molar-refractivity contribution in [3.05, 3.63) is 0 Å². The summed E-state index contributed by atoms with van der Waals surface area (Å²) in [6.07, 6.45) is -1.40. The minimum atomic E-state index is -4.10. The number of piperidine rings is 1. The van der Waals surface area contributed by atoms with Crippen molar-refractivity contribution < 1.29 is 23.1 Å².